The number of hydrogen-bond donors (Lipinski definition) is 1. The highest BCUT2D eigenvalue weighted by atomic mass is 35.5. The normalized spacial score (nSPS) is 18.7. The summed E-state index contributed by atoms with van der Waals surface area (Å²) in [7, 11) is 0. The van der Waals surface area contributed by atoms with Gasteiger partial charge < -0.3 is 10.2 Å². The molecular weight excluding hydrogens is 260 g/mol. The van der Waals surface area contributed by atoms with Crippen molar-refractivity contribution >= 4 is 18.3 Å². The molecule has 4 heteroatoms. The Morgan fingerprint density at radius 2 is 1.79 bits per heavy atom. The Morgan fingerprint density at radius 3 is 2.21 bits per heavy atom. The molecule has 1 heterocycles. The van der Waals surface area contributed by atoms with Crippen molar-refractivity contribution in [2.75, 3.05) is 26.2 Å². The molecule has 0 aromatic heterocycles. The average molecular weight is 291 g/mol. The summed E-state index contributed by atoms with van der Waals surface area (Å²) in [6.45, 7) is 12.8. The van der Waals surface area contributed by atoms with E-state index in [0.29, 0.717) is 23.7 Å². The van der Waals surface area contributed by atoms with E-state index in [1.165, 1.54) is 6.42 Å². The first-order chi connectivity index (χ1) is 8.49. The molecule has 0 radical (unpaired) electrons. The SMILES string of the molecule is CC(C)CN(CC(C)C)C(=O)CCC1CCNC1.Cl. The lowest BCUT2D eigenvalue weighted by Crippen LogP contribution is -2.37. The Morgan fingerprint density at radius 1 is 1.21 bits per heavy atom. The van der Waals surface area contributed by atoms with Crippen molar-refractivity contribution in [2.24, 2.45) is 17.8 Å². The van der Waals surface area contributed by atoms with Gasteiger partial charge in [0.1, 0.15) is 0 Å². The molecule has 0 bridgehead atoms. The molecule has 1 fully saturated rings. The molecule has 1 unspecified atom stereocenters. The number of nitrogens with zero attached hydrogens (tertiary/aromatic N) is 1. The lowest BCUT2D eigenvalue weighted by Gasteiger charge is -2.27. The first kappa shape index (κ1) is 18.7. The van der Waals surface area contributed by atoms with Crippen LogP contribution in [0.25, 0.3) is 0 Å². The zero-order valence-corrected chi connectivity index (χ0v) is 13.8. The highest BCUT2D eigenvalue weighted by Crippen LogP contribution is 2.16. The first-order valence-corrected chi connectivity index (χ1v) is 7.47. The highest BCUT2D eigenvalue weighted by molar-refractivity contribution is 5.85. The van der Waals surface area contributed by atoms with Crippen LogP contribution >= 0.6 is 12.4 Å². The van der Waals surface area contributed by atoms with E-state index in [1.807, 2.05) is 0 Å². The van der Waals surface area contributed by atoms with Crippen LogP contribution in [-0.4, -0.2) is 37.0 Å². The number of halogens is 1. The molecule has 114 valence electrons. The van der Waals surface area contributed by atoms with Gasteiger partial charge in [-0.05, 0) is 43.7 Å². The summed E-state index contributed by atoms with van der Waals surface area (Å²) in [5, 5.41) is 3.36. The van der Waals surface area contributed by atoms with E-state index in [2.05, 4.69) is 37.9 Å². The number of nitrogens with one attached hydrogen (secondary N) is 1. The van der Waals surface area contributed by atoms with Crippen molar-refractivity contribution in [2.45, 2.75) is 47.0 Å². The van der Waals surface area contributed by atoms with E-state index in [0.717, 1.165) is 39.0 Å². The van der Waals surface area contributed by atoms with Gasteiger partial charge in [-0.2, -0.15) is 0 Å². The minimum Gasteiger partial charge on any atom is -0.342 e. The predicted molar refractivity (Wildman–Crippen MR) is 83.7 cm³/mol. The van der Waals surface area contributed by atoms with Gasteiger partial charge in [-0.15, -0.1) is 12.4 Å². The second-order valence-corrected chi connectivity index (χ2v) is 6.48. The van der Waals surface area contributed by atoms with Crippen molar-refractivity contribution in [1.82, 2.24) is 10.2 Å². The van der Waals surface area contributed by atoms with Gasteiger partial charge in [-0.1, -0.05) is 27.7 Å². The van der Waals surface area contributed by atoms with Gasteiger partial charge in [0.2, 0.25) is 5.91 Å². The lowest BCUT2D eigenvalue weighted by molar-refractivity contribution is -0.132. The molecule has 1 N–H and O–H groups in total. The van der Waals surface area contributed by atoms with E-state index in [4.69, 9.17) is 0 Å². The van der Waals surface area contributed by atoms with Crippen LogP contribution in [-0.2, 0) is 4.79 Å². The number of rotatable bonds is 7. The Labute approximate surface area is 124 Å². The maximum atomic E-state index is 12.3. The summed E-state index contributed by atoms with van der Waals surface area (Å²) >= 11 is 0. The van der Waals surface area contributed by atoms with E-state index in [-0.39, 0.29) is 12.4 Å². The largest absolute Gasteiger partial charge is 0.342 e. The van der Waals surface area contributed by atoms with Gasteiger partial charge in [0.15, 0.2) is 0 Å². The maximum Gasteiger partial charge on any atom is 0.222 e. The Bertz CT molecular complexity index is 241. The molecule has 0 aromatic rings. The zero-order chi connectivity index (χ0) is 13.5. The maximum absolute atomic E-state index is 12.3. The summed E-state index contributed by atoms with van der Waals surface area (Å²) in [5.41, 5.74) is 0. The first-order valence-electron chi connectivity index (χ1n) is 7.47. The van der Waals surface area contributed by atoms with Gasteiger partial charge in [0.25, 0.3) is 0 Å². The standard InChI is InChI=1S/C15H30N2O.ClH/c1-12(2)10-17(11-13(3)4)15(18)6-5-14-7-8-16-9-14;/h12-14,16H,5-11H2,1-4H3;1H. The summed E-state index contributed by atoms with van der Waals surface area (Å²) in [6.07, 6.45) is 3.02. The molecule has 1 aliphatic rings. The van der Waals surface area contributed by atoms with Crippen LogP contribution in [0.2, 0.25) is 0 Å². The number of amides is 1. The summed E-state index contributed by atoms with van der Waals surface area (Å²) in [4.78, 5) is 14.3. The minimum absolute atomic E-state index is 0. The third-order valence-corrected chi connectivity index (χ3v) is 3.45. The second-order valence-electron chi connectivity index (χ2n) is 6.48. The molecule has 1 aliphatic heterocycles. The van der Waals surface area contributed by atoms with Crippen molar-refractivity contribution in [3.05, 3.63) is 0 Å². The van der Waals surface area contributed by atoms with Crippen molar-refractivity contribution < 1.29 is 4.79 Å². The van der Waals surface area contributed by atoms with Gasteiger partial charge in [-0.25, -0.2) is 0 Å². The highest BCUT2D eigenvalue weighted by Gasteiger charge is 2.19. The Hall–Kier alpha value is -0.280. The summed E-state index contributed by atoms with van der Waals surface area (Å²) < 4.78 is 0. The summed E-state index contributed by atoms with van der Waals surface area (Å²) in [6, 6.07) is 0. The summed E-state index contributed by atoms with van der Waals surface area (Å²) in [5.74, 6) is 2.18. The predicted octanol–water partition coefficient (Wildman–Crippen LogP) is 2.94. The monoisotopic (exact) mass is 290 g/mol. The molecule has 3 nitrogen and oxygen atoms in total. The lowest BCUT2D eigenvalue weighted by atomic mass is 10.0. The van der Waals surface area contributed by atoms with Crippen LogP contribution in [0.15, 0.2) is 0 Å². The third-order valence-electron chi connectivity index (χ3n) is 3.45. The fourth-order valence-electron chi connectivity index (χ4n) is 2.61. The van der Waals surface area contributed by atoms with E-state index >= 15 is 0 Å². The van der Waals surface area contributed by atoms with Gasteiger partial charge in [0, 0.05) is 19.5 Å². The minimum atomic E-state index is 0. The zero-order valence-electron chi connectivity index (χ0n) is 12.9. The molecule has 19 heavy (non-hydrogen) atoms. The fraction of sp³-hybridized carbons (Fsp3) is 0.933. The van der Waals surface area contributed by atoms with E-state index in [1.54, 1.807) is 0 Å². The van der Waals surface area contributed by atoms with Crippen LogP contribution in [0.3, 0.4) is 0 Å². The molecule has 1 atom stereocenters. The molecule has 0 aliphatic carbocycles. The van der Waals surface area contributed by atoms with Gasteiger partial charge >= 0.3 is 0 Å². The smallest absolute Gasteiger partial charge is 0.222 e. The topological polar surface area (TPSA) is 32.3 Å². The number of hydrogen-bond acceptors (Lipinski definition) is 2. The average Bonchev–Trinajstić information content (AvgIpc) is 2.76. The van der Waals surface area contributed by atoms with E-state index in [9.17, 15) is 4.79 Å². The van der Waals surface area contributed by atoms with Crippen LogP contribution in [0, 0.1) is 17.8 Å². The third kappa shape index (κ3) is 7.78. The van der Waals surface area contributed by atoms with Crippen LogP contribution in [0.4, 0.5) is 0 Å². The van der Waals surface area contributed by atoms with Crippen LogP contribution in [0.1, 0.15) is 47.0 Å². The van der Waals surface area contributed by atoms with Crippen LogP contribution in [0.5, 0.6) is 0 Å². The quantitative estimate of drug-likeness (QED) is 0.782. The second kappa shape index (κ2) is 9.60. The molecule has 1 rings (SSSR count). The van der Waals surface area contributed by atoms with Crippen molar-refractivity contribution in [3.8, 4) is 0 Å². The molecule has 1 saturated heterocycles. The molecule has 1 amide bonds. The molecule has 0 aromatic carbocycles. The Kier molecular flexibility index (Phi) is 9.46. The molecule has 0 saturated carbocycles. The van der Waals surface area contributed by atoms with Gasteiger partial charge in [-0.3, -0.25) is 4.79 Å². The number of carbonyl (C=O) groups is 1. The number of carbonyl (C=O) groups excluding carboxylic acids is 1. The van der Waals surface area contributed by atoms with Crippen molar-refractivity contribution in [3.63, 3.8) is 0 Å². The van der Waals surface area contributed by atoms with Crippen molar-refractivity contribution in [1.29, 1.82) is 0 Å². The fourth-order valence-corrected chi connectivity index (χ4v) is 2.61. The Balaban J connectivity index is 0.00000324. The molecule has 0 spiro atoms. The van der Waals surface area contributed by atoms with E-state index < -0.39 is 0 Å². The van der Waals surface area contributed by atoms with Gasteiger partial charge in [0.05, 0.1) is 0 Å². The van der Waals surface area contributed by atoms with Crippen LogP contribution < -0.4 is 5.32 Å². The molecular formula is C15H31ClN2O.